The summed E-state index contributed by atoms with van der Waals surface area (Å²) in [5, 5.41) is 1.84. The minimum Gasteiger partial charge on any atom is -0.344 e. The molecule has 0 saturated carbocycles. The summed E-state index contributed by atoms with van der Waals surface area (Å²) in [4.78, 5) is 14.5. The number of fused-ring (bicyclic) bond motifs is 1. The molecule has 0 bridgehead atoms. The summed E-state index contributed by atoms with van der Waals surface area (Å²) >= 11 is 0. The normalized spacial score (nSPS) is 20.5. The van der Waals surface area contributed by atoms with Gasteiger partial charge in [-0.3, -0.25) is 9.69 Å². The third-order valence-corrected chi connectivity index (χ3v) is 8.25. The van der Waals surface area contributed by atoms with Crippen LogP contribution < -0.4 is 5.73 Å². The third kappa shape index (κ3) is 4.95. The average molecular weight is 470 g/mol. The maximum absolute atomic E-state index is 13.8. The summed E-state index contributed by atoms with van der Waals surface area (Å²) in [6, 6.07) is 12.9. The molecule has 2 atom stereocenters. The Labute approximate surface area is 195 Å². The Balaban J connectivity index is 1.68. The van der Waals surface area contributed by atoms with Crippen LogP contribution in [0.25, 0.3) is 10.8 Å². The second-order valence-electron chi connectivity index (χ2n) is 8.37. The van der Waals surface area contributed by atoms with Gasteiger partial charge in [-0.1, -0.05) is 55.5 Å². The number of likely N-dealkylation sites (tertiary alicyclic amines) is 1. The second kappa shape index (κ2) is 10.3. The predicted molar refractivity (Wildman–Crippen MR) is 129 cm³/mol. The van der Waals surface area contributed by atoms with Gasteiger partial charge in [0.05, 0.1) is 11.5 Å². The number of rotatable bonds is 9. The number of carbonyl (C=O) groups excluding carboxylic acids is 1. The van der Waals surface area contributed by atoms with Gasteiger partial charge in [-0.15, -0.1) is 0 Å². The smallest absolute Gasteiger partial charge is 0.246 e. The van der Waals surface area contributed by atoms with Crippen LogP contribution in [0.1, 0.15) is 26.2 Å². The summed E-state index contributed by atoms with van der Waals surface area (Å²) < 4.78 is 35.2. The van der Waals surface area contributed by atoms with E-state index in [2.05, 4.69) is 0 Å². The fourth-order valence-corrected chi connectivity index (χ4v) is 6.08. The highest BCUT2D eigenvalue weighted by Crippen LogP contribution is 2.28. The zero-order valence-corrected chi connectivity index (χ0v) is 19.7. The van der Waals surface area contributed by atoms with Crippen molar-refractivity contribution in [3.8, 4) is 0 Å². The van der Waals surface area contributed by atoms with Crippen molar-refractivity contribution < 1.29 is 17.9 Å². The van der Waals surface area contributed by atoms with Crippen LogP contribution in [-0.4, -0.2) is 62.0 Å². The number of benzene rings is 2. The Kier molecular flexibility index (Phi) is 7.41. The summed E-state index contributed by atoms with van der Waals surface area (Å²) in [7, 11) is -3.87. The molecule has 0 amide bonds. The van der Waals surface area contributed by atoms with Gasteiger partial charge in [-0.05, 0) is 35.7 Å². The largest absolute Gasteiger partial charge is 0.344 e. The van der Waals surface area contributed by atoms with Crippen LogP contribution in [0.3, 0.4) is 0 Å². The van der Waals surface area contributed by atoms with E-state index in [4.69, 9.17) is 10.5 Å². The molecule has 2 aromatic carbocycles. The van der Waals surface area contributed by atoms with Crippen LogP contribution in [0.5, 0.6) is 0 Å². The first-order valence-electron chi connectivity index (χ1n) is 11.4. The molecule has 1 saturated heterocycles. The van der Waals surface area contributed by atoms with E-state index >= 15 is 0 Å². The zero-order valence-electron chi connectivity index (χ0n) is 18.9. The molecule has 0 aromatic heterocycles. The van der Waals surface area contributed by atoms with E-state index < -0.39 is 16.4 Å². The number of sulfonamides is 1. The van der Waals surface area contributed by atoms with Crippen LogP contribution in [0.15, 0.2) is 71.2 Å². The Bertz CT molecular complexity index is 1180. The first kappa shape index (κ1) is 23.8. The molecule has 2 aromatic rings. The number of carbonyl (C=O) groups is 1. The maximum atomic E-state index is 13.8. The van der Waals surface area contributed by atoms with E-state index in [1.807, 2.05) is 41.3 Å². The van der Waals surface area contributed by atoms with Gasteiger partial charge >= 0.3 is 0 Å². The second-order valence-corrected chi connectivity index (χ2v) is 10.3. The first-order valence-corrected chi connectivity index (χ1v) is 12.9. The molecule has 33 heavy (non-hydrogen) atoms. The van der Waals surface area contributed by atoms with Crippen molar-refractivity contribution in [2.24, 2.45) is 5.73 Å². The van der Waals surface area contributed by atoms with Crippen LogP contribution >= 0.6 is 0 Å². The van der Waals surface area contributed by atoms with Gasteiger partial charge in [-0.2, -0.15) is 4.31 Å². The molecule has 7 nitrogen and oxygen atoms in total. The zero-order chi connectivity index (χ0) is 23.4. The van der Waals surface area contributed by atoms with Gasteiger partial charge in [0.2, 0.25) is 10.0 Å². The van der Waals surface area contributed by atoms with Gasteiger partial charge < -0.3 is 10.5 Å². The Hall–Kier alpha value is -2.36. The third-order valence-electron chi connectivity index (χ3n) is 6.35. The van der Waals surface area contributed by atoms with Crippen molar-refractivity contribution in [1.82, 2.24) is 9.21 Å². The van der Waals surface area contributed by atoms with Crippen molar-refractivity contribution >= 4 is 26.6 Å². The number of allylic oxidation sites excluding steroid dienone is 3. The van der Waals surface area contributed by atoms with E-state index in [0.717, 1.165) is 23.6 Å². The van der Waals surface area contributed by atoms with Gasteiger partial charge in [0.15, 0.2) is 12.1 Å². The van der Waals surface area contributed by atoms with Gasteiger partial charge in [-0.25, -0.2) is 8.42 Å². The summed E-state index contributed by atoms with van der Waals surface area (Å²) in [5.74, 6) is -0.00604. The lowest BCUT2D eigenvalue weighted by atomic mass is 10.0. The lowest BCUT2D eigenvalue weighted by Crippen LogP contribution is -2.55. The molecular weight excluding hydrogens is 438 g/mol. The highest BCUT2D eigenvalue weighted by atomic mass is 32.2. The molecule has 0 spiro atoms. The topological polar surface area (TPSA) is 92.9 Å². The van der Waals surface area contributed by atoms with Crippen LogP contribution in [0, 0.1) is 0 Å². The van der Waals surface area contributed by atoms with Gasteiger partial charge in [0.25, 0.3) is 0 Å². The molecule has 1 fully saturated rings. The quantitative estimate of drug-likeness (QED) is 0.568. The lowest BCUT2D eigenvalue weighted by molar-refractivity contribution is -0.126. The van der Waals surface area contributed by atoms with E-state index in [9.17, 15) is 13.2 Å². The number of ether oxygens (including phenoxy) is 1. The molecule has 8 heteroatoms. The van der Waals surface area contributed by atoms with Crippen molar-refractivity contribution in [2.75, 3.05) is 26.2 Å². The van der Waals surface area contributed by atoms with E-state index in [1.54, 1.807) is 31.2 Å². The van der Waals surface area contributed by atoms with Gasteiger partial charge in [0, 0.05) is 37.7 Å². The van der Waals surface area contributed by atoms with E-state index in [0.29, 0.717) is 25.1 Å². The number of hydrogen-bond acceptors (Lipinski definition) is 6. The van der Waals surface area contributed by atoms with Gasteiger partial charge in [0.1, 0.15) is 0 Å². The summed E-state index contributed by atoms with van der Waals surface area (Å²) in [5.41, 5.74) is 6.55. The van der Waals surface area contributed by atoms with Crippen molar-refractivity contribution in [2.45, 2.75) is 43.5 Å². The predicted octanol–water partition coefficient (Wildman–Crippen LogP) is 3.03. The van der Waals surface area contributed by atoms with Crippen LogP contribution in [0.4, 0.5) is 0 Å². The molecule has 176 valence electrons. The molecule has 0 radical (unpaired) electrons. The summed E-state index contributed by atoms with van der Waals surface area (Å²) in [6.07, 6.45) is 6.66. The summed E-state index contributed by atoms with van der Waals surface area (Å²) in [6.45, 7) is 3.17. The van der Waals surface area contributed by atoms with E-state index in [1.165, 1.54) is 4.31 Å². The fraction of sp³-hybridized carbons (Fsp3) is 0.400. The number of Topliss-reactive ketones (excluding diaryl/α,β-unsaturated/α-hetero) is 1. The molecule has 4 rings (SSSR count). The Morgan fingerprint density at radius 2 is 2.00 bits per heavy atom. The number of nitrogens with zero attached hydrogens (tertiary/aromatic N) is 2. The first-order chi connectivity index (χ1) is 16.0. The molecular formula is C25H31N3O4S. The minimum atomic E-state index is -3.87. The number of nitrogens with two attached hydrogens (primary N) is 1. The Morgan fingerprint density at radius 1 is 1.21 bits per heavy atom. The maximum Gasteiger partial charge on any atom is 0.246 e. The molecule has 1 aliphatic heterocycles. The standard InChI is InChI=1S/C25H31N3O4S/c1-2-28(33(30,31)23-14-13-19-8-3-4-9-20(19)16-23)25(27-15-7-11-22(27)17-26)32-18-21-10-5-6-12-24(21)29/h3-6,8-10,13-14,16,22,25H,2,7,11-12,15,17-18,26H2,1H3. The van der Waals surface area contributed by atoms with Crippen molar-refractivity contribution in [3.05, 3.63) is 66.3 Å². The monoisotopic (exact) mass is 469 g/mol. The highest BCUT2D eigenvalue weighted by molar-refractivity contribution is 7.89. The highest BCUT2D eigenvalue weighted by Gasteiger charge is 2.39. The fourth-order valence-electron chi connectivity index (χ4n) is 4.53. The lowest BCUT2D eigenvalue weighted by Gasteiger charge is -2.38. The molecule has 1 heterocycles. The van der Waals surface area contributed by atoms with Crippen LogP contribution in [0.2, 0.25) is 0 Å². The molecule has 2 N–H and O–H groups in total. The van der Waals surface area contributed by atoms with Crippen molar-refractivity contribution in [1.29, 1.82) is 0 Å². The molecule has 2 unspecified atom stereocenters. The minimum absolute atomic E-state index is 0.00604. The number of hydrogen-bond donors (Lipinski definition) is 1. The number of ketones is 1. The average Bonchev–Trinajstić information content (AvgIpc) is 3.30. The molecule has 2 aliphatic rings. The molecule has 1 aliphatic carbocycles. The van der Waals surface area contributed by atoms with Crippen LogP contribution in [-0.2, 0) is 19.6 Å². The van der Waals surface area contributed by atoms with E-state index in [-0.39, 0.29) is 29.9 Å². The Morgan fingerprint density at radius 3 is 2.73 bits per heavy atom. The SMILES string of the molecule is CCN(C(OCC1=CC=CCC1=O)N1CCCC1CN)S(=O)(=O)c1ccc2ccccc2c1. The van der Waals surface area contributed by atoms with Crippen molar-refractivity contribution in [3.63, 3.8) is 0 Å².